The van der Waals surface area contributed by atoms with Crippen LogP contribution >= 0.6 is 0 Å². The monoisotopic (exact) mass is 327 g/mol. The number of para-hydroxylation sites is 2. The Balaban J connectivity index is 0.00000133. The van der Waals surface area contributed by atoms with Crippen LogP contribution in [0.15, 0.2) is 48.5 Å². The molecule has 1 radical (unpaired) electrons. The van der Waals surface area contributed by atoms with Gasteiger partial charge in [0.1, 0.15) is 7.05 Å². The second-order valence-electron chi connectivity index (χ2n) is 4.27. The van der Waals surface area contributed by atoms with Crippen molar-refractivity contribution in [2.45, 2.75) is 0 Å². The summed E-state index contributed by atoms with van der Waals surface area (Å²) in [5.74, 6) is -0.886. The molecule has 1 N–H and O–H groups in total. The summed E-state index contributed by atoms with van der Waals surface area (Å²) < 4.78 is 2.02. The molecule has 91 valence electrons. The van der Waals surface area contributed by atoms with Crippen LogP contribution in [-0.2, 0) is 39.8 Å². The second kappa shape index (κ2) is 5.35. The van der Waals surface area contributed by atoms with Gasteiger partial charge in [0.15, 0.2) is 0 Å². The molecule has 0 saturated carbocycles. The standard InChI is InChI=1S/C15H11NO2.Y/c1-16-12-8-4-2-6-10(12)14(15(17)18)11-7-3-5-9-13(11)16;/h2-9H,1H3;/p+1. The molecule has 0 spiro atoms. The number of hydrogen-bond donors (Lipinski definition) is 1. The van der Waals surface area contributed by atoms with Crippen LogP contribution in [0.4, 0.5) is 0 Å². The molecular formula is C15H12NO2Y+. The van der Waals surface area contributed by atoms with Crippen LogP contribution in [0.25, 0.3) is 21.8 Å². The molecule has 0 aliphatic rings. The number of aromatic nitrogens is 1. The normalized spacial score (nSPS) is 10.4. The third-order valence-corrected chi connectivity index (χ3v) is 3.28. The third kappa shape index (κ3) is 2.17. The number of rotatable bonds is 1. The van der Waals surface area contributed by atoms with Crippen molar-refractivity contribution < 1.29 is 47.2 Å². The molecule has 0 unspecified atom stereocenters. The van der Waals surface area contributed by atoms with Gasteiger partial charge in [-0.3, -0.25) is 0 Å². The molecule has 0 atom stereocenters. The van der Waals surface area contributed by atoms with Crippen molar-refractivity contribution in [2.24, 2.45) is 7.05 Å². The van der Waals surface area contributed by atoms with Crippen LogP contribution in [0.3, 0.4) is 0 Å². The number of pyridine rings is 1. The molecule has 1 aromatic heterocycles. The maximum atomic E-state index is 11.5. The summed E-state index contributed by atoms with van der Waals surface area (Å²) >= 11 is 0. The summed E-state index contributed by atoms with van der Waals surface area (Å²) in [7, 11) is 1.95. The fourth-order valence-electron chi connectivity index (χ4n) is 2.46. The van der Waals surface area contributed by atoms with Crippen molar-refractivity contribution in [3.05, 3.63) is 54.1 Å². The van der Waals surface area contributed by atoms with Gasteiger partial charge in [-0.25, -0.2) is 4.79 Å². The van der Waals surface area contributed by atoms with Gasteiger partial charge >= 0.3 is 5.97 Å². The van der Waals surface area contributed by atoms with Crippen molar-refractivity contribution in [2.75, 3.05) is 0 Å². The first-order chi connectivity index (χ1) is 8.70. The van der Waals surface area contributed by atoms with Gasteiger partial charge in [-0.2, -0.15) is 4.57 Å². The molecule has 0 amide bonds. The summed E-state index contributed by atoms with van der Waals surface area (Å²) in [6, 6.07) is 15.2. The fraction of sp³-hybridized carbons (Fsp3) is 0.0667. The average molecular weight is 327 g/mol. The molecule has 0 aliphatic carbocycles. The molecule has 0 fully saturated rings. The first-order valence-electron chi connectivity index (χ1n) is 5.73. The number of hydrogen-bond acceptors (Lipinski definition) is 1. The SMILES string of the molecule is C[n+]1c2ccccc2c(C(=O)O)c2ccccc21.[Y]. The molecule has 0 aliphatic heterocycles. The van der Waals surface area contributed by atoms with E-state index in [2.05, 4.69) is 0 Å². The van der Waals surface area contributed by atoms with Gasteiger partial charge in [0.05, 0.1) is 16.3 Å². The fourth-order valence-corrected chi connectivity index (χ4v) is 2.46. The molecule has 19 heavy (non-hydrogen) atoms. The Kier molecular flexibility index (Phi) is 3.97. The summed E-state index contributed by atoms with van der Waals surface area (Å²) in [6.07, 6.45) is 0. The van der Waals surface area contributed by atoms with E-state index in [1.165, 1.54) is 0 Å². The zero-order valence-electron chi connectivity index (χ0n) is 10.5. The number of aryl methyl sites for hydroxylation is 1. The van der Waals surface area contributed by atoms with E-state index in [4.69, 9.17) is 0 Å². The van der Waals surface area contributed by atoms with E-state index in [1.54, 1.807) is 0 Å². The molecule has 1 heterocycles. The van der Waals surface area contributed by atoms with Crippen molar-refractivity contribution in [1.82, 2.24) is 0 Å². The van der Waals surface area contributed by atoms with Crippen molar-refractivity contribution in [1.29, 1.82) is 0 Å². The second-order valence-corrected chi connectivity index (χ2v) is 4.27. The summed E-state index contributed by atoms with van der Waals surface area (Å²) in [5.41, 5.74) is 2.22. The maximum absolute atomic E-state index is 11.5. The van der Waals surface area contributed by atoms with Crippen LogP contribution in [0, 0.1) is 0 Å². The van der Waals surface area contributed by atoms with Gasteiger partial charge in [-0.15, -0.1) is 0 Å². The van der Waals surface area contributed by atoms with Gasteiger partial charge in [0, 0.05) is 44.8 Å². The Morgan fingerprint density at radius 1 is 0.947 bits per heavy atom. The number of carbonyl (C=O) groups is 1. The summed E-state index contributed by atoms with van der Waals surface area (Å²) in [6.45, 7) is 0. The number of carboxylic acids is 1. The summed E-state index contributed by atoms with van der Waals surface area (Å²) in [4.78, 5) is 11.5. The minimum absolute atomic E-state index is 0. The first-order valence-corrected chi connectivity index (χ1v) is 5.73. The Labute approximate surface area is 135 Å². The van der Waals surface area contributed by atoms with Crippen LogP contribution < -0.4 is 4.57 Å². The zero-order chi connectivity index (χ0) is 12.7. The Morgan fingerprint density at radius 2 is 1.37 bits per heavy atom. The third-order valence-electron chi connectivity index (χ3n) is 3.28. The van der Waals surface area contributed by atoms with Crippen LogP contribution in [-0.4, -0.2) is 11.1 Å². The van der Waals surface area contributed by atoms with Gasteiger partial charge in [-0.1, -0.05) is 24.3 Å². The Hall–Kier alpha value is -1.32. The molecule has 3 aromatic rings. The van der Waals surface area contributed by atoms with E-state index < -0.39 is 5.97 Å². The topological polar surface area (TPSA) is 41.2 Å². The number of carboxylic acid groups (broad SMARTS) is 1. The van der Waals surface area contributed by atoms with Crippen molar-refractivity contribution in [3.63, 3.8) is 0 Å². The summed E-state index contributed by atoms with van der Waals surface area (Å²) in [5, 5.41) is 11.0. The number of aromatic carboxylic acids is 1. The van der Waals surface area contributed by atoms with Crippen LogP contribution in [0.2, 0.25) is 0 Å². The predicted molar refractivity (Wildman–Crippen MR) is 69.6 cm³/mol. The van der Waals surface area contributed by atoms with Gasteiger partial charge < -0.3 is 5.11 Å². The first kappa shape index (κ1) is 14.1. The molecule has 0 bridgehead atoms. The Bertz CT molecular complexity index is 727. The largest absolute Gasteiger partial charge is 0.478 e. The molecule has 2 aromatic carbocycles. The van der Waals surface area contributed by atoms with Crippen LogP contribution in [0.5, 0.6) is 0 Å². The zero-order valence-corrected chi connectivity index (χ0v) is 13.3. The van der Waals surface area contributed by atoms with E-state index in [0.29, 0.717) is 5.56 Å². The molecule has 0 saturated heterocycles. The predicted octanol–water partition coefficient (Wildman–Crippen LogP) is 2.51. The Morgan fingerprint density at radius 3 is 1.79 bits per heavy atom. The van der Waals surface area contributed by atoms with Gasteiger partial charge in [-0.05, 0) is 12.1 Å². The van der Waals surface area contributed by atoms with Crippen LogP contribution in [0.1, 0.15) is 10.4 Å². The molecular weight excluding hydrogens is 315 g/mol. The number of fused-ring (bicyclic) bond motifs is 2. The maximum Gasteiger partial charge on any atom is 0.337 e. The molecule has 4 heteroatoms. The van der Waals surface area contributed by atoms with E-state index in [1.807, 2.05) is 60.1 Å². The average Bonchev–Trinajstić information content (AvgIpc) is 2.39. The quantitative estimate of drug-likeness (QED) is 0.551. The van der Waals surface area contributed by atoms with E-state index in [9.17, 15) is 9.90 Å². The van der Waals surface area contributed by atoms with E-state index in [-0.39, 0.29) is 32.7 Å². The smallest absolute Gasteiger partial charge is 0.337 e. The van der Waals surface area contributed by atoms with Gasteiger partial charge in [0.25, 0.3) is 0 Å². The minimum atomic E-state index is -0.886. The number of nitrogens with zero attached hydrogens (tertiary/aromatic N) is 1. The van der Waals surface area contributed by atoms with Crippen molar-refractivity contribution >= 4 is 27.8 Å². The van der Waals surface area contributed by atoms with E-state index >= 15 is 0 Å². The molecule has 3 nitrogen and oxygen atoms in total. The van der Waals surface area contributed by atoms with Gasteiger partial charge in [0.2, 0.25) is 11.0 Å². The molecule has 3 rings (SSSR count). The minimum Gasteiger partial charge on any atom is -0.478 e. The number of benzene rings is 2. The van der Waals surface area contributed by atoms with Crippen molar-refractivity contribution in [3.8, 4) is 0 Å². The van der Waals surface area contributed by atoms with E-state index in [0.717, 1.165) is 21.8 Å².